The molecule has 8 nitrogen and oxygen atoms in total. The summed E-state index contributed by atoms with van der Waals surface area (Å²) in [6.07, 6.45) is 5.91. The fourth-order valence-electron chi connectivity index (χ4n) is 6.75. The van der Waals surface area contributed by atoms with Crippen molar-refractivity contribution in [3.63, 3.8) is 0 Å². The number of ether oxygens (including phenoxy) is 1. The van der Waals surface area contributed by atoms with E-state index in [0.717, 1.165) is 49.2 Å². The number of benzene rings is 2. The van der Waals surface area contributed by atoms with Crippen molar-refractivity contribution in [3.05, 3.63) is 77.6 Å². The zero-order valence-electron chi connectivity index (χ0n) is 24.9. The lowest BCUT2D eigenvalue weighted by molar-refractivity contribution is -0.117. The number of nitrogens with zero attached hydrogens (tertiary/aromatic N) is 3. The van der Waals surface area contributed by atoms with Gasteiger partial charge in [0.05, 0.1) is 36.5 Å². The summed E-state index contributed by atoms with van der Waals surface area (Å²) < 4.78 is 24.0. The Hall–Kier alpha value is -2.92. The molecule has 10 heteroatoms. The van der Waals surface area contributed by atoms with E-state index in [-0.39, 0.29) is 48.1 Å². The van der Waals surface area contributed by atoms with E-state index < -0.39 is 8.41 Å². The molecule has 0 aliphatic carbocycles. The van der Waals surface area contributed by atoms with Crippen molar-refractivity contribution in [3.8, 4) is 0 Å². The van der Waals surface area contributed by atoms with Gasteiger partial charge in [0.1, 0.15) is 0 Å². The predicted octanol–water partition coefficient (Wildman–Crippen LogP) is 5.06. The number of hydrogen-bond acceptors (Lipinski definition) is 6. The number of halogens is 1. The van der Waals surface area contributed by atoms with E-state index in [9.17, 15) is 9.90 Å². The molecule has 2 saturated heterocycles. The lowest BCUT2D eigenvalue weighted by Gasteiger charge is -2.28. The Kier molecular flexibility index (Phi) is 9.87. The van der Waals surface area contributed by atoms with Gasteiger partial charge < -0.3 is 24.6 Å². The smallest absolute Gasteiger partial charge is 0.246 e. The summed E-state index contributed by atoms with van der Waals surface area (Å²) in [6.45, 7) is 7.14. The molecule has 1 unspecified atom stereocenters. The van der Waals surface area contributed by atoms with Crippen LogP contribution in [0.2, 0.25) is 18.6 Å². The summed E-state index contributed by atoms with van der Waals surface area (Å²) in [4.78, 5) is 12.4. The van der Waals surface area contributed by atoms with E-state index in [1.165, 1.54) is 5.56 Å². The van der Waals surface area contributed by atoms with Crippen molar-refractivity contribution in [1.82, 2.24) is 20.3 Å². The highest BCUT2D eigenvalue weighted by atomic mass is 28.4. The maximum Gasteiger partial charge on any atom is 0.246 e. The fraction of sp³-hybridized carbons (Fsp3) is 0.531. The lowest BCUT2D eigenvalue weighted by atomic mass is 9.95. The van der Waals surface area contributed by atoms with Crippen molar-refractivity contribution in [2.45, 2.75) is 88.4 Å². The number of aliphatic hydroxyl groups is 1. The van der Waals surface area contributed by atoms with Gasteiger partial charge in [-0.15, -0.1) is 5.10 Å². The topological polar surface area (TPSA) is 101 Å². The van der Waals surface area contributed by atoms with Crippen molar-refractivity contribution in [1.29, 1.82) is 0 Å². The number of carbonyl (C=O) groups excluding carboxylic acids is 1. The van der Waals surface area contributed by atoms with Gasteiger partial charge in [-0.25, -0.2) is 0 Å². The lowest BCUT2D eigenvalue weighted by Crippen LogP contribution is -2.36. The van der Waals surface area contributed by atoms with Crippen LogP contribution in [0, 0.1) is 5.92 Å². The highest BCUT2D eigenvalue weighted by Crippen LogP contribution is 2.47. The van der Waals surface area contributed by atoms with Gasteiger partial charge in [0.15, 0.2) is 0 Å². The van der Waals surface area contributed by atoms with E-state index in [0.29, 0.717) is 13.0 Å². The number of hydrogen-bond donors (Lipinski definition) is 3. The zero-order chi connectivity index (χ0) is 29.7. The molecular formula is C32H44FN5O3Si. The molecular weight excluding hydrogens is 549 g/mol. The summed E-state index contributed by atoms with van der Waals surface area (Å²) in [5, 5.41) is 24.9. The maximum atomic E-state index is 15.6. The molecule has 5 rings (SSSR count). The highest BCUT2D eigenvalue weighted by Gasteiger charge is 2.50. The first kappa shape index (κ1) is 30.5. The average Bonchev–Trinajstić information content (AvgIpc) is 3.73. The second kappa shape index (κ2) is 13.6. The molecule has 0 saturated carbocycles. The van der Waals surface area contributed by atoms with Gasteiger partial charge in [-0.05, 0) is 80.9 Å². The van der Waals surface area contributed by atoms with E-state index in [2.05, 4.69) is 40.0 Å². The minimum atomic E-state index is -2.98. The maximum absolute atomic E-state index is 15.6. The Morgan fingerprint density at radius 2 is 1.93 bits per heavy atom. The normalized spacial score (nSPS) is 25.0. The molecule has 2 aliphatic heterocycles. The van der Waals surface area contributed by atoms with Crippen LogP contribution in [0.15, 0.2) is 60.8 Å². The van der Waals surface area contributed by atoms with Gasteiger partial charge in [-0.2, -0.15) is 0 Å². The van der Waals surface area contributed by atoms with Gasteiger partial charge in [-0.3, -0.25) is 9.48 Å². The number of nitrogens with one attached hydrogen (secondary N) is 2. The van der Waals surface area contributed by atoms with Crippen LogP contribution < -0.4 is 10.6 Å². The molecule has 226 valence electrons. The van der Waals surface area contributed by atoms with Crippen LogP contribution in [-0.4, -0.2) is 65.8 Å². The van der Waals surface area contributed by atoms with Gasteiger partial charge >= 0.3 is 0 Å². The summed E-state index contributed by atoms with van der Waals surface area (Å²) in [5.41, 5.74) is 3.60. The minimum absolute atomic E-state index is 0.0153. The van der Waals surface area contributed by atoms with Crippen LogP contribution in [0.25, 0.3) is 0 Å². The third kappa shape index (κ3) is 7.34. The van der Waals surface area contributed by atoms with E-state index >= 15 is 4.11 Å². The number of aromatic nitrogens is 3. The summed E-state index contributed by atoms with van der Waals surface area (Å²) in [7, 11) is -2.98. The number of rotatable bonds is 12. The second-order valence-corrected chi connectivity index (χ2v) is 16.2. The molecule has 6 atom stereocenters. The van der Waals surface area contributed by atoms with Crippen molar-refractivity contribution >= 4 is 20.0 Å². The summed E-state index contributed by atoms with van der Waals surface area (Å²) in [6, 6.07) is 17.7. The van der Waals surface area contributed by atoms with Crippen LogP contribution >= 0.6 is 0 Å². The number of anilines is 1. The zero-order valence-corrected chi connectivity index (χ0v) is 25.9. The van der Waals surface area contributed by atoms with Crippen LogP contribution in [-0.2, 0) is 22.5 Å². The SMILES string of the molecule is C[C@H]1[C@H]([Si](C)(C)F)[C@@H](CCn2cc(C(CO)c3ccccc3)nn2)O[C@H]1CCc1ccc(NC(=O)[C@H]2CCCN2)cc1. The van der Waals surface area contributed by atoms with Gasteiger partial charge in [0.2, 0.25) is 14.3 Å². The van der Waals surface area contributed by atoms with Crippen LogP contribution in [0.1, 0.15) is 55.3 Å². The predicted molar refractivity (Wildman–Crippen MR) is 165 cm³/mol. The summed E-state index contributed by atoms with van der Waals surface area (Å²) in [5.74, 6) is -0.0796. The molecule has 0 spiro atoms. The molecule has 0 radical (unpaired) electrons. The number of amides is 1. The monoisotopic (exact) mass is 593 g/mol. The van der Waals surface area contributed by atoms with Gasteiger partial charge in [-0.1, -0.05) is 54.6 Å². The highest BCUT2D eigenvalue weighted by molar-refractivity contribution is 6.72. The van der Waals surface area contributed by atoms with Crippen LogP contribution in [0.5, 0.6) is 0 Å². The second-order valence-electron chi connectivity index (χ2n) is 12.4. The number of aryl methyl sites for hydroxylation is 2. The Balaban J connectivity index is 1.16. The summed E-state index contributed by atoms with van der Waals surface area (Å²) >= 11 is 0. The van der Waals surface area contributed by atoms with E-state index in [1.54, 1.807) is 17.8 Å². The van der Waals surface area contributed by atoms with E-state index in [4.69, 9.17) is 4.74 Å². The van der Waals surface area contributed by atoms with Crippen molar-refractivity contribution in [2.75, 3.05) is 18.5 Å². The Morgan fingerprint density at radius 3 is 2.60 bits per heavy atom. The quantitative estimate of drug-likeness (QED) is 0.200. The Labute approximate surface area is 249 Å². The van der Waals surface area contributed by atoms with Crippen molar-refractivity contribution < 1.29 is 18.7 Å². The largest absolute Gasteiger partial charge is 0.395 e. The molecule has 2 aliphatic rings. The third-order valence-electron chi connectivity index (χ3n) is 8.95. The standard InChI is InChI=1S/C32H44FN5O3Si/c1-22-29(16-13-23-11-14-25(15-12-23)35-32(40)27-10-7-18-34-27)41-30(31(22)42(2,3)33)17-19-38-20-28(36-37-38)26(21-39)24-8-5-4-6-9-24/h4-6,8-9,11-12,14-15,20,22,26-27,29-31,34,39H,7,10,13,16-19,21H2,1-3H3,(H,35,40)/t22-,26?,27-,29+,30-,31+/m1/s1. The van der Waals surface area contributed by atoms with Gasteiger partial charge in [0, 0.05) is 24.0 Å². The van der Waals surface area contributed by atoms with Crippen LogP contribution in [0.3, 0.4) is 0 Å². The molecule has 42 heavy (non-hydrogen) atoms. The van der Waals surface area contributed by atoms with E-state index in [1.807, 2.05) is 48.7 Å². The number of aliphatic hydroxyl groups excluding tert-OH is 1. The molecule has 1 amide bonds. The molecule has 0 bridgehead atoms. The Morgan fingerprint density at radius 1 is 1.17 bits per heavy atom. The molecule has 3 N–H and O–H groups in total. The molecule has 3 aromatic rings. The third-order valence-corrected chi connectivity index (χ3v) is 11.4. The first-order chi connectivity index (χ1) is 20.2. The molecule has 2 fully saturated rings. The first-order valence-electron chi connectivity index (χ1n) is 15.3. The first-order valence-corrected chi connectivity index (χ1v) is 18.2. The van der Waals surface area contributed by atoms with Crippen molar-refractivity contribution in [2.24, 2.45) is 5.92 Å². The Bertz CT molecular complexity index is 1290. The average molecular weight is 594 g/mol. The number of carbonyl (C=O) groups is 1. The van der Waals surface area contributed by atoms with Crippen LogP contribution in [0.4, 0.5) is 9.80 Å². The van der Waals surface area contributed by atoms with Gasteiger partial charge in [0.25, 0.3) is 0 Å². The molecule has 1 aromatic heterocycles. The molecule has 2 aromatic carbocycles. The fourth-order valence-corrected chi connectivity index (χ4v) is 9.34. The molecule has 3 heterocycles. The minimum Gasteiger partial charge on any atom is -0.395 e.